The molecule has 0 amide bonds. The van der Waals surface area contributed by atoms with Gasteiger partial charge >= 0.3 is 0 Å². The van der Waals surface area contributed by atoms with E-state index < -0.39 is 0 Å². The highest BCUT2D eigenvalue weighted by Gasteiger charge is 2.19. The summed E-state index contributed by atoms with van der Waals surface area (Å²) in [6, 6.07) is 16.7. The summed E-state index contributed by atoms with van der Waals surface area (Å²) in [7, 11) is 1.61. The number of fused-ring (bicyclic) bond motifs is 1. The van der Waals surface area contributed by atoms with Gasteiger partial charge in [0.2, 0.25) is 5.78 Å². The monoisotopic (exact) mass is 378 g/mol. The van der Waals surface area contributed by atoms with Crippen molar-refractivity contribution in [2.75, 3.05) is 12.8 Å². The standard InChI is InChI=1S/C21H15FN2O2S/c1-26-17-5-3-2-4-14(17)16-11-10-15-18(23)20(27-21(15)24-16)19(25)12-6-8-13(22)9-7-12/h2-11H,23H2,1H3. The number of ether oxygens (including phenoxy) is 1. The van der Waals surface area contributed by atoms with E-state index in [0.717, 1.165) is 22.4 Å². The number of ketones is 1. The van der Waals surface area contributed by atoms with Crippen molar-refractivity contribution in [3.63, 3.8) is 0 Å². The SMILES string of the molecule is COc1ccccc1-c1ccc2c(N)c(C(=O)c3ccc(F)cc3)sc2n1. The van der Waals surface area contributed by atoms with E-state index in [1.165, 1.54) is 35.6 Å². The van der Waals surface area contributed by atoms with Crippen LogP contribution in [-0.2, 0) is 0 Å². The molecule has 0 spiro atoms. The third-order valence-corrected chi connectivity index (χ3v) is 5.40. The number of para-hydroxylation sites is 1. The van der Waals surface area contributed by atoms with Gasteiger partial charge in [-0.05, 0) is 48.5 Å². The Labute approximate surface area is 159 Å². The van der Waals surface area contributed by atoms with Crippen LogP contribution in [0.5, 0.6) is 5.75 Å². The smallest absolute Gasteiger partial charge is 0.205 e. The first-order valence-electron chi connectivity index (χ1n) is 8.21. The molecule has 134 valence electrons. The molecule has 0 bridgehead atoms. The first-order chi connectivity index (χ1) is 13.1. The number of nitrogen functional groups attached to an aromatic ring is 1. The van der Waals surface area contributed by atoms with Crippen molar-refractivity contribution in [1.82, 2.24) is 4.98 Å². The van der Waals surface area contributed by atoms with Crippen molar-refractivity contribution in [1.29, 1.82) is 0 Å². The maximum atomic E-state index is 13.1. The summed E-state index contributed by atoms with van der Waals surface area (Å²) in [4.78, 5) is 18.5. The summed E-state index contributed by atoms with van der Waals surface area (Å²) in [5.41, 5.74) is 8.58. The fourth-order valence-electron chi connectivity index (χ4n) is 2.90. The Hall–Kier alpha value is -3.25. The molecule has 2 aromatic heterocycles. The summed E-state index contributed by atoms with van der Waals surface area (Å²) < 4.78 is 18.5. The number of rotatable bonds is 4. The lowest BCUT2D eigenvalue weighted by molar-refractivity contribution is 0.104. The quantitative estimate of drug-likeness (QED) is 0.512. The van der Waals surface area contributed by atoms with E-state index in [4.69, 9.17) is 10.5 Å². The number of nitrogens with two attached hydrogens (primary N) is 1. The molecule has 0 atom stereocenters. The number of anilines is 1. The highest BCUT2D eigenvalue weighted by Crippen LogP contribution is 2.37. The second-order valence-electron chi connectivity index (χ2n) is 5.93. The van der Waals surface area contributed by atoms with Crippen molar-refractivity contribution >= 4 is 33.0 Å². The molecule has 4 rings (SSSR count). The lowest BCUT2D eigenvalue weighted by Crippen LogP contribution is -2.01. The largest absolute Gasteiger partial charge is 0.496 e. The summed E-state index contributed by atoms with van der Waals surface area (Å²) >= 11 is 1.23. The van der Waals surface area contributed by atoms with Gasteiger partial charge in [-0.3, -0.25) is 4.79 Å². The van der Waals surface area contributed by atoms with Gasteiger partial charge in [0, 0.05) is 16.5 Å². The van der Waals surface area contributed by atoms with Crippen LogP contribution in [0.3, 0.4) is 0 Å². The molecule has 0 unspecified atom stereocenters. The predicted octanol–water partition coefficient (Wildman–Crippen LogP) is 4.92. The number of benzene rings is 2. The van der Waals surface area contributed by atoms with E-state index in [2.05, 4.69) is 4.98 Å². The second-order valence-corrected chi connectivity index (χ2v) is 6.93. The van der Waals surface area contributed by atoms with Crippen LogP contribution in [0.25, 0.3) is 21.5 Å². The molecule has 4 aromatic rings. The zero-order valence-corrected chi connectivity index (χ0v) is 15.2. The Balaban J connectivity index is 1.80. The second kappa shape index (κ2) is 6.81. The minimum atomic E-state index is -0.390. The number of aromatic nitrogens is 1. The Kier molecular flexibility index (Phi) is 4.33. The Morgan fingerprint density at radius 2 is 1.81 bits per heavy atom. The van der Waals surface area contributed by atoms with Crippen LogP contribution in [0.2, 0.25) is 0 Å². The van der Waals surface area contributed by atoms with Gasteiger partial charge in [0.15, 0.2) is 0 Å². The summed E-state index contributed by atoms with van der Waals surface area (Å²) in [5.74, 6) is 0.0878. The minimum absolute atomic E-state index is 0.241. The van der Waals surface area contributed by atoms with Crippen LogP contribution < -0.4 is 10.5 Å². The van der Waals surface area contributed by atoms with E-state index in [0.29, 0.717) is 21.0 Å². The molecule has 6 heteroatoms. The van der Waals surface area contributed by atoms with Crippen molar-refractivity contribution in [3.8, 4) is 17.0 Å². The molecule has 0 aliphatic rings. The van der Waals surface area contributed by atoms with Crippen molar-refractivity contribution in [2.45, 2.75) is 0 Å². The number of nitrogens with zero attached hydrogens (tertiary/aromatic N) is 1. The number of hydrogen-bond donors (Lipinski definition) is 1. The van der Waals surface area contributed by atoms with Crippen LogP contribution in [0, 0.1) is 5.82 Å². The number of pyridine rings is 1. The Bertz CT molecular complexity index is 1150. The van der Waals surface area contributed by atoms with Gasteiger partial charge in [-0.25, -0.2) is 9.37 Å². The highest BCUT2D eigenvalue weighted by molar-refractivity contribution is 7.21. The molecule has 0 saturated carbocycles. The van der Waals surface area contributed by atoms with Gasteiger partial charge in [-0.1, -0.05) is 12.1 Å². The number of halogens is 1. The maximum Gasteiger partial charge on any atom is 0.205 e. The first-order valence-corrected chi connectivity index (χ1v) is 9.03. The number of methoxy groups -OCH3 is 1. The third kappa shape index (κ3) is 3.04. The van der Waals surface area contributed by atoms with Gasteiger partial charge in [0.1, 0.15) is 21.3 Å². The fourth-order valence-corrected chi connectivity index (χ4v) is 3.96. The van der Waals surface area contributed by atoms with Gasteiger partial charge in [0.25, 0.3) is 0 Å². The zero-order valence-electron chi connectivity index (χ0n) is 14.4. The lowest BCUT2D eigenvalue weighted by Gasteiger charge is -2.07. The van der Waals surface area contributed by atoms with Gasteiger partial charge in [-0.15, -0.1) is 11.3 Å². The van der Waals surface area contributed by atoms with Crippen LogP contribution in [0.15, 0.2) is 60.7 Å². The predicted molar refractivity (Wildman–Crippen MR) is 106 cm³/mol. The zero-order chi connectivity index (χ0) is 19.0. The lowest BCUT2D eigenvalue weighted by atomic mass is 10.1. The van der Waals surface area contributed by atoms with Crippen LogP contribution in [-0.4, -0.2) is 17.9 Å². The molecule has 2 N–H and O–H groups in total. The fraction of sp³-hybridized carbons (Fsp3) is 0.0476. The topological polar surface area (TPSA) is 65.2 Å². The first kappa shape index (κ1) is 17.2. The Morgan fingerprint density at radius 1 is 1.07 bits per heavy atom. The third-order valence-electron chi connectivity index (χ3n) is 4.29. The maximum absolute atomic E-state index is 13.1. The molecule has 0 radical (unpaired) electrons. The van der Waals surface area contributed by atoms with Gasteiger partial charge in [-0.2, -0.15) is 0 Å². The average Bonchev–Trinajstić information content (AvgIpc) is 3.04. The molecule has 2 heterocycles. The number of thiophene rings is 1. The van der Waals surface area contributed by atoms with Crippen LogP contribution in [0.1, 0.15) is 15.2 Å². The molecule has 27 heavy (non-hydrogen) atoms. The minimum Gasteiger partial charge on any atom is -0.496 e. The molecule has 2 aromatic carbocycles. The van der Waals surface area contributed by atoms with E-state index in [9.17, 15) is 9.18 Å². The van der Waals surface area contributed by atoms with Crippen molar-refractivity contribution in [2.24, 2.45) is 0 Å². The molecule has 0 fully saturated rings. The normalized spacial score (nSPS) is 10.9. The van der Waals surface area contributed by atoms with Crippen LogP contribution in [0.4, 0.5) is 10.1 Å². The van der Waals surface area contributed by atoms with E-state index in [1.54, 1.807) is 7.11 Å². The number of carbonyl (C=O) groups excluding carboxylic acids is 1. The molecular weight excluding hydrogens is 363 g/mol. The summed E-state index contributed by atoms with van der Waals surface area (Å²) in [6.45, 7) is 0. The molecule has 0 saturated heterocycles. The van der Waals surface area contributed by atoms with Crippen molar-refractivity contribution < 1.29 is 13.9 Å². The van der Waals surface area contributed by atoms with Gasteiger partial charge < -0.3 is 10.5 Å². The molecule has 0 aliphatic carbocycles. The highest BCUT2D eigenvalue weighted by atomic mass is 32.1. The van der Waals surface area contributed by atoms with E-state index in [1.807, 2.05) is 36.4 Å². The van der Waals surface area contributed by atoms with Gasteiger partial charge in [0.05, 0.1) is 18.5 Å². The number of carbonyl (C=O) groups is 1. The molecule has 4 nitrogen and oxygen atoms in total. The summed E-state index contributed by atoms with van der Waals surface area (Å²) in [5, 5.41) is 0.726. The van der Waals surface area contributed by atoms with E-state index in [-0.39, 0.29) is 11.6 Å². The number of hydrogen-bond acceptors (Lipinski definition) is 5. The molecule has 0 aliphatic heterocycles. The van der Waals surface area contributed by atoms with Crippen molar-refractivity contribution in [3.05, 3.63) is 76.9 Å². The van der Waals surface area contributed by atoms with Crippen LogP contribution >= 0.6 is 11.3 Å². The summed E-state index contributed by atoms with van der Waals surface area (Å²) in [6.07, 6.45) is 0. The molecular formula is C21H15FN2O2S. The Morgan fingerprint density at radius 3 is 2.56 bits per heavy atom. The average molecular weight is 378 g/mol. The van der Waals surface area contributed by atoms with E-state index >= 15 is 0 Å².